The number of nitro benzene ring substituents is 1. The van der Waals surface area contributed by atoms with E-state index in [1.54, 1.807) is 23.6 Å². The molecule has 0 N–H and O–H groups in total. The third-order valence-electron chi connectivity index (χ3n) is 6.95. The number of rotatable bonds is 4. The number of benzene rings is 1. The number of nitro groups is 1. The van der Waals surface area contributed by atoms with Gasteiger partial charge < -0.3 is 9.80 Å². The maximum absolute atomic E-state index is 11.8. The predicted octanol–water partition coefficient (Wildman–Crippen LogP) is 5.18. The van der Waals surface area contributed by atoms with Crippen molar-refractivity contribution >= 4 is 33.9 Å². The van der Waals surface area contributed by atoms with Gasteiger partial charge in [0.05, 0.1) is 10.5 Å². The molecule has 8 heteroatoms. The number of nitrogens with zero attached hydrogens (tertiary/aromatic N) is 5. The van der Waals surface area contributed by atoms with Gasteiger partial charge in [-0.3, -0.25) is 10.1 Å². The summed E-state index contributed by atoms with van der Waals surface area (Å²) in [6, 6.07) is 7.64. The standard InChI is InChI=1S/C25H31N5O2S/c1-25(2,3)18-6-7-19-20(15-26)24(33-23(19)14-18)27-16-17-5-8-21(22(13-17)30(31)32)29-11-9-28(4)10-12-29/h5,8,13,16,18H,6-7,9-12,14H2,1-4H3/b27-16+. The third kappa shape index (κ3) is 4.94. The number of piperazine rings is 1. The van der Waals surface area contributed by atoms with E-state index >= 15 is 0 Å². The molecule has 1 saturated heterocycles. The van der Waals surface area contributed by atoms with Gasteiger partial charge in [0, 0.05) is 43.3 Å². The van der Waals surface area contributed by atoms with Gasteiger partial charge in [0.25, 0.3) is 5.69 Å². The third-order valence-corrected chi connectivity index (χ3v) is 8.12. The minimum Gasteiger partial charge on any atom is -0.363 e. The molecule has 33 heavy (non-hydrogen) atoms. The van der Waals surface area contributed by atoms with Crippen molar-refractivity contribution in [2.24, 2.45) is 16.3 Å². The van der Waals surface area contributed by atoms with Gasteiger partial charge in [-0.05, 0) is 54.8 Å². The largest absolute Gasteiger partial charge is 0.363 e. The molecule has 2 aliphatic rings. The number of thiophene rings is 1. The number of hydrogen-bond acceptors (Lipinski definition) is 7. The molecule has 0 bridgehead atoms. The highest BCUT2D eigenvalue weighted by Crippen LogP contribution is 2.45. The van der Waals surface area contributed by atoms with Crippen LogP contribution >= 0.6 is 11.3 Å². The lowest BCUT2D eigenvalue weighted by Crippen LogP contribution is -2.44. The maximum Gasteiger partial charge on any atom is 0.293 e. The van der Waals surface area contributed by atoms with E-state index in [4.69, 9.17) is 0 Å². The average molecular weight is 466 g/mol. The van der Waals surface area contributed by atoms with Crippen molar-refractivity contribution in [2.75, 3.05) is 38.1 Å². The predicted molar refractivity (Wildman–Crippen MR) is 134 cm³/mol. The topological polar surface area (TPSA) is 85.8 Å². The average Bonchev–Trinajstić information content (AvgIpc) is 3.14. The fourth-order valence-corrected chi connectivity index (χ4v) is 5.95. The summed E-state index contributed by atoms with van der Waals surface area (Å²) in [4.78, 5) is 21.6. The molecule has 174 valence electrons. The first-order chi connectivity index (χ1) is 15.7. The van der Waals surface area contributed by atoms with Crippen molar-refractivity contribution < 1.29 is 4.92 Å². The minimum atomic E-state index is -0.317. The molecule has 4 rings (SSSR count). The highest BCUT2D eigenvalue weighted by molar-refractivity contribution is 7.16. The van der Waals surface area contributed by atoms with Gasteiger partial charge in [-0.15, -0.1) is 11.3 Å². The summed E-state index contributed by atoms with van der Waals surface area (Å²) in [5.74, 6) is 0.594. The van der Waals surface area contributed by atoms with Crippen LogP contribution in [0.5, 0.6) is 0 Å². The van der Waals surface area contributed by atoms with Crippen LogP contribution in [-0.2, 0) is 12.8 Å². The second kappa shape index (κ2) is 9.24. The molecular weight excluding hydrogens is 434 g/mol. The van der Waals surface area contributed by atoms with Crippen LogP contribution in [0.4, 0.5) is 16.4 Å². The summed E-state index contributed by atoms with van der Waals surface area (Å²) in [5.41, 5.74) is 3.48. The second-order valence-electron chi connectivity index (χ2n) is 10.2. The van der Waals surface area contributed by atoms with Crippen molar-refractivity contribution in [1.82, 2.24) is 4.90 Å². The normalized spacial score (nSPS) is 19.5. The summed E-state index contributed by atoms with van der Waals surface area (Å²) >= 11 is 1.60. The Morgan fingerprint density at radius 3 is 2.64 bits per heavy atom. The van der Waals surface area contributed by atoms with Crippen LogP contribution in [0.2, 0.25) is 0 Å². The molecule has 2 aromatic rings. The first-order valence-electron chi connectivity index (χ1n) is 11.5. The Kier molecular flexibility index (Phi) is 6.55. The van der Waals surface area contributed by atoms with Crippen molar-refractivity contribution in [3.8, 4) is 6.07 Å². The smallest absolute Gasteiger partial charge is 0.293 e. The van der Waals surface area contributed by atoms with Gasteiger partial charge in [-0.2, -0.15) is 5.26 Å². The molecule has 0 saturated carbocycles. The van der Waals surface area contributed by atoms with Crippen molar-refractivity contribution in [2.45, 2.75) is 40.0 Å². The maximum atomic E-state index is 11.8. The molecule has 1 aromatic heterocycles. The first-order valence-corrected chi connectivity index (χ1v) is 12.3. The summed E-state index contributed by atoms with van der Waals surface area (Å²) in [6.45, 7) is 10.1. The molecule has 1 aliphatic heterocycles. The van der Waals surface area contributed by atoms with E-state index in [9.17, 15) is 15.4 Å². The molecule has 1 fully saturated rings. The summed E-state index contributed by atoms with van der Waals surface area (Å²) < 4.78 is 0. The van der Waals surface area contributed by atoms with E-state index in [1.165, 1.54) is 4.88 Å². The minimum absolute atomic E-state index is 0.0995. The Morgan fingerprint density at radius 2 is 2.00 bits per heavy atom. The summed E-state index contributed by atoms with van der Waals surface area (Å²) in [6.07, 6.45) is 4.64. The lowest BCUT2D eigenvalue weighted by molar-refractivity contribution is -0.384. The summed E-state index contributed by atoms with van der Waals surface area (Å²) in [5, 5.41) is 22.3. The lowest BCUT2D eigenvalue weighted by Gasteiger charge is -2.33. The zero-order chi connectivity index (χ0) is 23.8. The van der Waals surface area contributed by atoms with E-state index in [1.807, 2.05) is 12.1 Å². The number of fused-ring (bicyclic) bond motifs is 1. The van der Waals surface area contributed by atoms with Crippen molar-refractivity contribution in [3.05, 3.63) is 49.9 Å². The Labute approximate surface area is 199 Å². The van der Waals surface area contributed by atoms with Gasteiger partial charge in [0.2, 0.25) is 0 Å². The fraction of sp³-hybridized carbons (Fsp3) is 0.520. The first kappa shape index (κ1) is 23.4. The lowest BCUT2D eigenvalue weighted by atomic mass is 9.72. The number of nitriles is 1. The van der Waals surface area contributed by atoms with Crippen LogP contribution in [0.1, 0.15) is 48.8 Å². The van der Waals surface area contributed by atoms with Gasteiger partial charge in [0.15, 0.2) is 0 Å². The van der Waals surface area contributed by atoms with Crippen LogP contribution < -0.4 is 4.90 Å². The monoisotopic (exact) mass is 465 g/mol. The fourth-order valence-electron chi connectivity index (χ4n) is 4.73. The van der Waals surface area contributed by atoms with Gasteiger partial charge in [0.1, 0.15) is 16.8 Å². The molecular formula is C25H31N5O2S. The molecule has 1 atom stereocenters. The van der Waals surface area contributed by atoms with Crippen LogP contribution in [-0.4, -0.2) is 49.3 Å². The van der Waals surface area contributed by atoms with Crippen molar-refractivity contribution in [1.29, 1.82) is 5.26 Å². The van der Waals surface area contributed by atoms with E-state index in [2.05, 4.69) is 48.7 Å². The number of anilines is 1. The van der Waals surface area contributed by atoms with E-state index in [0.717, 1.165) is 51.0 Å². The highest BCUT2D eigenvalue weighted by atomic mass is 32.1. The van der Waals surface area contributed by atoms with E-state index < -0.39 is 0 Å². The number of aliphatic imine (C=N–C) groups is 1. The zero-order valence-corrected chi connectivity index (χ0v) is 20.6. The van der Waals surface area contributed by atoms with Gasteiger partial charge >= 0.3 is 0 Å². The van der Waals surface area contributed by atoms with Gasteiger partial charge in [-0.1, -0.05) is 26.8 Å². The molecule has 2 heterocycles. The molecule has 1 aromatic carbocycles. The zero-order valence-electron chi connectivity index (χ0n) is 19.8. The van der Waals surface area contributed by atoms with Crippen LogP contribution in [0.3, 0.4) is 0 Å². The Bertz CT molecular complexity index is 1120. The van der Waals surface area contributed by atoms with Crippen LogP contribution in [0.25, 0.3) is 0 Å². The molecule has 0 spiro atoms. The van der Waals surface area contributed by atoms with E-state index in [-0.39, 0.29) is 16.0 Å². The molecule has 0 radical (unpaired) electrons. The number of hydrogen-bond donors (Lipinski definition) is 0. The highest BCUT2D eigenvalue weighted by Gasteiger charge is 2.32. The van der Waals surface area contributed by atoms with E-state index in [0.29, 0.717) is 27.7 Å². The SMILES string of the molecule is CN1CCN(c2ccc(/C=N/c3sc4c(c3C#N)CCC(C(C)(C)C)C4)cc2[N+](=O)[O-])CC1. The van der Waals surface area contributed by atoms with Gasteiger partial charge in [-0.25, -0.2) is 4.99 Å². The molecule has 7 nitrogen and oxygen atoms in total. The molecule has 1 aliphatic carbocycles. The quantitative estimate of drug-likeness (QED) is 0.353. The number of likely N-dealkylation sites (N-methyl/N-ethyl adjacent to an activating group) is 1. The summed E-state index contributed by atoms with van der Waals surface area (Å²) in [7, 11) is 2.06. The Morgan fingerprint density at radius 1 is 1.27 bits per heavy atom. The van der Waals surface area contributed by atoms with Crippen molar-refractivity contribution in [3.63, 3.8) is 0 Å². The second-order valence-corrected chi connectivity index (χ2v) is 11.2. The van der Waals surface area contributed by atoms with Crippen LogP contribution in [0.15, 0.2) is 23.2 Å². The molecule has 0 amide bonds. The van der Waals surface area contributed by atoms with Crippen LogP contribution in [0, 0.1) is 32.8 Å². The Hall–Kier alpha value is -2.76. The Balaban J connectivity index is 1.60. The molecule has 1 unspecified atom stereocenters.